The first-order valence-electron chi connectivity index (χ1n) is 4.13. The summed E-state index contributed by atoms with van der Waals surface area (Å²) in [6.45, 7) is 3.13. The van der Waals surface area contributed by atoms with Crippen molar-refractivity contribution in [1.29, 1.82) is 0 Å². The number of hydrogen-bond acceptors (Lipinski definition) is 4. The fourth-order valence-electron chi connectivity index (χ4n) is 1.42. The second kappa shape index (κ2) is 3.65. The van der Waals surface area contributed by atoms with Gasteiger partial charge in [0.05, 0.1) is 14.2 Å². The molecule has 4 heteroatoms. The molecule has 0 spiro atoms. The Morgan fingerprint density at radius 3 is 1.43 bits per heavy atom. The average molecular weight is 196 g/mol. The van der Waals surface area contributed by atoms with E-state index in [0.717, 1.165) is 0 Å². The predicted molar refractivity (Wildman–Crippen MR) is 49.4 cm³/mol. The molecular formula is C10H12O4. The van der Waals surface area contributed by atoms with Gasteiger partial charge in [0.1, 0.15) is 0 Å². The summed E-state index contributed by atoms with van der Waals surface area (Å²) in [6, 6.07) is 0. The molecule has 0 saturated heterocycles. The lowest BCUT2D eigenvalue weighted by atomic mass is 9.95. The van der Waals surface area contributed by atoms with Crippen LogP contribution in [0.1, 0.15) is 13.8 Å². The van der Waals surface area contributed by atoms with E-state index in [2.05, 4.69) is 0 Å². The van der Waals surface area contributed by atoms with Gasteiger partial charge >= 0.3 is 0 Å². The maximum Gasteiger partial charge on any atom is 0.262 e. The Morgan fingerprint density at radius 2 is 1.14 bits per heavy atom. The van der Waals surface area contributed by atoms with E-state index in [1.807, 2.05) is 0 Å². The first-order chi connectivity index (χ1) is 6.54. The summed E-state index contributed by atoms with van der Waals surface area (Å²) >= 11 is 0. The van der Waals surface area contributed by atoms with E-state index < -0.39 is 0 Å². The fraction of sp³-hybridized carbons (Fsp3) is 0.400. The van der Waals surface area contributed by atoms with Crippen LogP contribution in [0.15, 0.2) is 22.7 Å². The van der Waals surface area contributed by atoms with Crippen LogP contribution in [0, 0.1) is 0 Å². The molecule has 0 heterocycles. The molecule has 76 valence electrons. The van der Waals surface area contributed by atoms with E-state index in [9.17, 15) is 9.59 Å². The normalized spacial score (nSPS) is 17.7. The van der Waals surface area contributed by atoms with Gasteiger partial charge in [-0.15, -0.1) is 0 Å². The van der Waals surface area contributed by atoms with E-state index in [4.69, 9.17) is 9.47 Å². The van der Waals surface area contributed by atoms with Gasteiger partial charge in [-0.2, -0.15) is 0 Å². The van der Waals surface area contributed by atoms with Crippen LogP contribution in [0.25, 0.3) is 0 Å². The minimum Gasteiger partial charge on any atom is -0.492 e. The quantitative estimate of drug-likeness (QED) is 0.618. The van der Waals surface area contributed by atoms with E-state index in [1.54, 1.807) is 13.8 Å². The molecule has 4 nitrogen and oxygen atoms in total. The summed E-state index contributed by atoms with van der Waals surface area (Å²) in [6.07, 6.45) is 0. The molecule has 0 atom stereocenters. The summed E-state index contributed by atoms with van der Waals surface area (Å²) in [5.41, 5.74) is 0.659. The molecule has 0 aromatic carbocycles. The summed E-state index contributed by atoms with van der Waals surface area (Å²) < 4.78 is 9.72. The second-order valence-electron chi connectivity index (χ2n) is 2.97. The number of carbonyl (C=O) groups is 2. The smallest absolute Gasteiger partial charge is 0.262 e. The van der Waals surface area contributed by atoms with Crippen LogP contribution in [-0.4, -0.2) is 25.8 Å². The van der Waals surface area contributed by atoms with Crippen LogP contribution < -0.4 is 0 Å². The molecule has 0 aliphatic heterocycles. The Bertz CT molecular complexity index is 328. The van der Waals surface area contributed by atoms with Crippen molar-refractivity contribution in [2.45, 2.75) is 13.8 Å². The van der Waals surface area contributed by atoms with Crippen molar-refractivity contribution in [2.75, 3.05) is 14.2 Å². The first-order valence-corrected chi connectivity index (χ1v) is 4.13. The van der Waals surface area contributed by atoms with Gasteiger partial charge in [0.15, 0.2) is 17.3 Å². The Morgan fingerprint density at radius 1 is 0.786 bits per heavy atom. The van der Waals surface area contributed by atoms with E-state index in [1.165, 1.54) is 14.2 Å². The van der Waals surface area contributed by atoms with Crippen molar-refractivity contribution in [1.82, 2.24) is 0 Å². The van der Waals surface area contributed by atoms with Gasteiger partial charge in [0, 0.05) is 11.1 Å². The standard InChI is InChI=1S/C10H12O4/c1-5-7(11)6(2)10(14-4)8(12)9(5)13-3/h1-4H3. The molecule has 0 amide bonds. The van der Waals surface area contributed by atoms with Gasteiger partial charge < -0.3 is 9.47 Å². The van der Waals surface area contributed by atoms with Crippen LogP contribution >= 0.6 is 0 Å². The van der Waals surface area contributed by atoms with Gasteiger partial charge in [-0.05, 0) is 13.8 Å². The summed E-state index contributed by atoms with van der Waals surface area (Å²) in [7, 11) is 2.72. The van der Waals surface area contributed by atoms with Crippen molar-refractivity contribution >= 4 is 11.6 Å². The average Bonchev–Trinajstić information content (AvgIpc) is 2.16. The fourth-order valence-corrected chi connectivity index (χ4v) is 1.42. The zero-order chi connectivity index (χ0) is 10.9. The number of rotatable bonds is 2. The Kier molecular flexibility index (Phi) is 2.74. The Hall–Kier alpha value is -1.58. The lowest BCUT2D eigenvalue weighted by molar-refractivity contribution is -0.121. The highest BCUT2D eigenvalue weighted by Crippen LogP contribution is 2.24. The number of methoxy groups -OCH3 is 2. The lowest BCUT2D eigenvalue weighted by Gasteiger charge is -2.17. The van der Waals surface area contributed by atoms with Crippen LogP contribution in [0.5, 0.6) is 0 Å². The van der Waals surface area contributed by atoms with Gasteiger partial charge in [0.2, 0.25) is 0 Å². The van der Waals surface area contributed by atoms with E-state index in [0.29, 0.717) is 11.1 Å². The number of carbonyl (C=O) groups excluding carboxylic acids is 2. The minimum atomic E-state index is -0.371. The van der Waals surface area contributed by atoms with Crippen molar-refractivity contribution in [3.63, 3.8) is 0 Å². The van der Waals surface area contributed by atoms with Crippen LogP contribution in [0.2, 0.25) is 0 Å². The zero-order valence-corrected chi connectivity index (χ0v) is 8.63. The summed E-state index contributed by atoms with van der Waals surface area (Å²) in [5, 5.41) is 0. The molecule has 0 saturated carbocycles. The number of hydrogen-bond donors (Lipinski definition) is 0. The number of ether oxygens (including phenoxy) is 2. The predicted octanol–water partition coefficient (Wildman–Crippen LogP) is 0.979. The Labute approximate surface area is 82.2 Å². The molecular weight excluding hydrogens is 184 g/mol. The number of ketones is 2. The molecule has 0 N–H and O–H groups in total. The SMILES string of the molecule is COC1=C(C)C(=O)C(C)=C(OC)C1=O. The Balaban J connectivity index is 3.29. The third-order valence-corrected chi connectivity index (χ3v) is 2.18. The molecule has 0 fully saturated rings. The highest BCUT2D eigenvalue weighted by Gasteiger charge is 2.32. The third kappa shape index (κ3) is 1.32. The third-order valence-electron chi connectivity index (χ3n) is 2.18. The van der Waals surface area contributed by atoms with Crippen LogP contribution in [0.4, 0.5) is 0 Å². The zero-order valence-electron chi connectivity index (χ0n) is 8.63. The summed E-state index contributed by atoms with van der Waals surface area (Å²) in [5.74, 6) is -0.446. The maximum atomic E-state index is 11.6. The molecule has 0 bridgehead atoms. The van der Waals surface area contributed by atoms with Gasteiger partial charge in [-0.3, -0.25) is 9.59 Å². The molecule has 0 aromatic rings. The van der Waals surface area contributed by atoms with E-state index in [-0.39, 0.29) is 23.1 Å². The number of allylic oxidation sites excluding steroid dienone is 2. The molecule has 1 aliphatic carbocycles. The van der Waals surface area contributed by atoms with Crippen molar-refractivity contribution < 1.29 is 19.1 Å². The van der Waals surface area contributed by atoms with Gasteiger partial charge in [0.25, 0.3) is 5.78 Å². The maximum absolute atomic E-state index is 11.6. The number of Topliss-reactive ketones (excluding diaryl/α,β-unsaturated/α-hetero) is 2. The molecule has 0 radical (unpaired) electrons. The highest BCUT2D eigenvalue weighted by molar-refractivity contribution is 6.23. The minimum absolute atomic E-state index is 0.0671. The second-order valence-corrected chi connectivity index (χ2v) is 2.97. The van der Waals surface area contributed by atoms with Gasteiger partial charge in [-0.25, -0.2) is 0 Å². The largest absolute Gasteiger partial charge is 0.492 e. The van der Waals surface area contributed by atoms with Crippen LogP contribution in [-0.2, 0) is 19.1 Å². The summed E-state index contributed by atoms with van der Waals surface area (Å²) in [4.78, 5) is 23.2. The molecule has 1 aliphatic rings. The molecule has 0 unspecified atom stereocenters. The van der Waals surface area contributed by atoms with Crippen LogP contribution in [0.3, 0.4) is 0 Å². The molecule has 1 rings (SSSR count). The lowest BCUT2D eigenvalue weighted by Crippen LogP contribution is -2.23. The highest BCUT2D eigenvalue weighted by atomic mass is 16.5. The monoisotopic (exact) mass is 196 g/mol. The molecule has 14 heavy (non-hydrogen) atoms. The molecule has 0 aromatic heterocycles. The van der Waals surface area contributed by atoms with Crippen molar-refractivity contribution in [3.05, 3.63) is 22.7 Å². The first kappa shape index (κ1) is 10.5. The van der Waals surface area contributed by atoms with E-state index >= 15 is 0 Å². The van der Waals surface area contributed by atoms with Gasteiger partial charge in [-0.1, -0.05) is 0 Å². The van der Waals surface area contributed by atoms with Crippen molar-refractivity contribution in [3.8, 4) is 0 Å². The van der Waals surface area contributed by atoms with Crippen molar-refractivity contribution in [2.24, 2.45) is 0 Å². The topological polar surface area (TPSA) is 52.6 Å².